The minimum Gasteiger partial charge on any atom is -0.489 e. The summed E-state index contributed by atoms with van der Waals surface area (Å²) in [6.07, 6.45) is 1.59. The third-order valence-corrected chi connectivity index (χ3v) is 2.87. The molecule has 0 aliphatic rings. The zero-order chi connectivity index (χ0) is 13.5. The van der Waals surface area contributed by atoms with Gasteiger partial charge in [-0.2, -0.15) is 0 Å². The summed E-state index contributed by atoms with van der Waals surface area (Å²) in [4.78, 5) is 0. The number of benzene rings is 2. The fraction of sp³-hybridized carbons (Fsp3) is 0.0667. The van der Waals surface area contributed by atoms with Crippen molar-refractivity contribution in [2.24, 2.45) is 0 Å². The van der Waals surface area contributed by atoms with Crippen LogP contribution in [0.15, 0.2) is 60.0 Å². The molecule has 0 amide bonds. The molecule has 0 saturated carbocycles. The predicted molar refractivity (Wildman–Crippen MR) is 77.0 cm³/mol. The second-order valence-electron chi connectivity index (χ2n) is 3.92. The Morgan fingerprint density at radius 2 is 1.74 bits per heavy atom. The van der Waals surface area contributed by atoms with Gasteiger partial charge in [0, 0.05) is 5.41 Å². The van der Waals surface area contributed by atoms with E-state index in [0.717, 1.165) is 16.9 Å². The Bertz CT molecular complexity index is 562. The molecule has 2 aromatic carbocycles. The molecule has 1 unspecified atom stereocenters. The molecule has 0 heterocycles. The zero-order valence-electron chi connectivity index (χ0n) is 10.2. The molecule has 1 atom stereocenters. The van der Waals surface area contributed by atoms with Crippen molar-refractivity contribution in [3.8, 4) is 5.75 Å². The van der Waals surface area contributed by atoms with Crippen molar-refractivity contribution in [2.75, 3.05) is 0 Å². The average molecular weight is 274 g/mol. The largest absolute Gasteiger partial charge is 0.489 e. The van der Waals surface area contributed by atoms with Crippen LogP contribution >= 0.6 is 0 Å². The number of hydrogen-bond acceptors (Lipinski definition) is 2. The van der Waals surface area contributed by atoms with Gasteiger partial charge in [-0.1, -0.05) is 42.5 Å². The fourth-order valence-electron chi connectivity index (χ4n) is 1.55. The Morgan fingerprint density at radius 1 is 1.05 bits per heavy atom. The molecule has 4 heteroatoms. The molecule has 98 valence electrons. The summed E-state index contributed by atoms with van der Waals surface area (Å²) in [6.45, 7) is 0.524. The van der Waals surface area contributed by atoms with E-state index in [2.05, 4.69) is 0 Å². The van der Waals surface area contributed by atoms with Crippen molar-refractivity contribution in [3.63, 3.8) is 0 Å². The highest BCUT2D eigenvalue weighted by Gasteiger charge is 1.95. The maximum absolute atomic E-state index is 10.5. The van der Waals surface area contributed by atoms with Gasteiger partial charge in [0.05, 0.1) is 0 Å². The topological polar surface area (TPSA) is 46.5 Å². The van der Waals surface area contributed by atoms with Gasteiger partial charge in [-0.25, -0.2) is 4.21 Å². The summed E-state index contributed by atoms with van der Waals surface area (Å²) < 4.78 is 24.8. The molecule has 0 spiro atoms. The molecule has 0 saturated heterocycles. The van der Waals surface area contributed by atoms with Gasteiger partial charge in [0.1, 0.15) is 12.4 Å². The zero-order valence-corrected chi connectivity index (χ0v) is 11.0. The Balaban J connectivity index is 1.94. The number of rotatable bonds is 5. The number of hydrogen-bond donors (Lipinski definition) is 1. The van der Waals surface area contributed by atoms with Crippen molar-refractivity contribution in [1.82, 2.24) is 0 Å². The minimum atomic E-state index is -1.91. The Labute approximate surface area is 114 Å². The van der Waals surface area contributed by atoms with E-state index in [4.69, 9.17) is 9.29 Å². The van der Waals surface area contributed by atoms with Crippen LogP contribution in [-0.4, -0.2) is 8.76 Å². The summed E-state index contributed by atoms with van der Waals surface area (Å²) in [6, 6.07) is 17.3. The van der Waals surface area contributed by atoms with E-state index in [-0.39, 0.29) is 0 Å². The van der Waals surface area contributed by atoms with Gasteiger partial charge in [0.25, 0.3) is 0 Å². The maximum Gasteiger partial charge on any atom is 0.178 e. The average Bonchev–Trinajstić information content (AvgIpc) is 2.45. The van der Waals surface area contributed by atoms with Crippen LogP contribution in [-0.2, 0) is 17.7 Å². The second-order valence-corrected chi connectivity index (χ2v) is 4.75. The minimum absolute atomic E-state index is 0.524. The summed E-state index contributed by atoms with van der Waals surface area (Å²) in [5.74, 6) is 0.770. The lowest BCUT2D eigenvalue weighted by molar-refractivity contribution is 0.306. The summed E-state index contributed by atoms with van der Waals surface area (Å²) in [7, 11) is 0. The van der Waals surface area contributed by atoms with Gasteiger partial charge in [0.2, 0.25) is 0 Å². The molecule has 1 N–H and O–H groups in total. The smallest absolute Gasteiger partial charge is 0.178 e. The molecule has 2 rings (SSSR count). The van der Waals surface area contributed by atoms with Gasteiger partial charge in [-0.05, 0) is 29.3 Å². The van der Waals surface area contributed by atoms with E-state index >= 15 is 0 Å². The van der Waals surface area contributed by atoms with Crippen molar-refractivity contribution < 1.29 is 13.5 Å². The van der Waals surface area contributed by atoms with Crippen molar-refractivity contribution in [2.45, 2.75) is 6.61 Å². The van der Waals surface area contributed by atoms with Crippen LogP contribution < -0.4 is 4.74 Å². The molecular weight excluding hydrogens is 260 g/mol. The van der Waals surface area contributed by atoms with Gasteiger partial charge in [-0.3, -0.25) is 0 Å². The molecule has 3 nitrogen and oxygen atoms in total. The third kappa shape index (κ3) is 4.69. The quantitative estimate of drug-likeness (QED) is 0.849. The maximum atomic E-state index is 10.5. The Morgan fingerprint density at radius 3 is 2.37 bits per heavy atom. The highest BCUT2D eigenvalue weighted by Crippen LogP contribution is 2.15. The first-order valence-electron chi connectivity index (χ1n) is 5.79. The van der Waals surface area contributed by atoms with Gasteiger partial charge in [0.15, 0.2) is 11.1 Å². The van der Waals surface area contributed by atoms with E-state index in [1.54, 1.807) is 6.08 Å². The molecule has 19 heavy (non-hydrogen) atoms. The summed E-state index contributed by atoms with van der Waals surface area (Å²) >= 11 is -1.91. The highest BCUT2D eigenvalue weighted by molar-refractivity contribution is 7.82. The normalized spacial score (nSPS) is 12.5. The SMILES string of the molecule is O=S(O)/C=C/c1ccc(OCc2ccccc2)cc1. The van der Waals surface area contributed by atoms with Gasteiger partial charge >= 0.3 is 0 Å². The van der Waals surface area contributed by atoms with E-state index < -0.39 is 11.1 Å². The molecule has 2 aromatic rings. The molecule has 0 aromatic heterocycles. The number of ether oxygens (including phenoxy) is 1. The van der Waals surface area contributed by atoms with Crippen LogP contribution in [0.2, 0.25) is 0 Å². The Hall–Kier alpha value is -1.91. The van der Waals surface area contributed by atoms with Gasteiger partial charge < -0.3 is 9.29 Å². The van der Waals surface area contributed by atoms with E-state index in [0.29, 0.717) is 6.61 Å². The lowest BCUT2D eigenvalue weighted by Gasteiger charge is -2.06. The van der Waals surface area contributed by atoms with E-state index in [1.165, 1.54) is 5.41 Å². The summed E-state index contributed by atoms with van der Waals surface area (Å²) in [5, 5.41) is 1.22. The molecular formula is C15H14O3S. The molecule has 0 aliphatic heterocycles. The van der Waals surface area contributed by atoms with Crippen LogP contribution in [0, 0.1) is 0 Å². The van der Waals surface area contributed by atoms with Crippen molar-refractivity contribution >= 4 is 17.2 Å². The lowest BCUT2D eigenvalue weighted by Crippen LogP contribution is -1.94. The predicted octanol–water partition coefficient (Wildman–Crippen LogP) is 3.46. The first kappa shape index (κ1) is 13.5. The van der Waals surface area contributed by atoms with E-state index in [1.807, 2.05) is 54.6 Å². The highest BCUT2D eigenvalue weighted by atomic mass is 32.2. The molecule has 0 fully saturated rings. The van der Waals surface area contributed by atoms with E-state index in [9.17, 15) is 4.21 Å². The third-order valence-electron chi connectivity index (χ3n) is 2.51. The standard InChI is InChI=1S/C15H14O3S/c16-19(17)11-10-13-6-8-15(9-7-13)18-12-14-4-2-1-3-5-14/h1-11H,12H2,(H,16,17)/b11-10+. The van der Waals surface area contributed by atoms with Crippen LogP contribution in [0.3, 0.4) is 0 Å². The van der Waals surface area contributed by atoms with Crippen molar-refractivity contribution in [3.05, 3.63) is 71.1 Å². The van der Waals surface area contributed by atoms with Gasteiger partial charge in [-0.15, -0.1) is 0 Å². The molecule has 0 bridgehead atoms. The molecule has 0 aliphatic carbocycles. The molecule has 0 radical (unpaired) electrons. The van der Waals surface area contributed by atoms with Crippen LogP contribution in [0.1, 0.15) is 11.1 Å². The lowest BCUT2D eigenvalue weighted by atomic mass is 10.2. The van der Waals surface area contributed by atoms with Crippen LogP contribution in [0.4, 0.5) is 0 Å². The van der Waals surface area contributed by atoms with Crippen molar-refractivity contribution in [1.29, 1.82) is 0 Å². The Kier molecular flexibility index (Phi) is 4.89. The first-order valence-corrected chi connectivity index (χ1v) is 6.96. The van der Waals surface area contributed by atoms with Crippen LogP contribution in [0.5, 0.6) is 5.75 Å². The second kappa shape index (κ2) is 6.87. The fourth-order valence-corrected chi connectivity index (χ4v) is 1.83. The first-order chi connectivity index (χ1) is 9.24. The van der Waals surface area contributed by atoms with Crippen LogP contribution in [0.25, 0.3) is 6.08 Å². The monoisotopic (exact) mass is 274 g/mol. The summed E-state index contributed by atoms with van der Waals surface area (Å²) in [5.41, 5.74) is 1.97.